The lowest BCUT2D eigenvalue weighted by Gasteiger charge is -2.26. The lowest BCUT2D eigenvalue weighted by atomic mass is 10.2. The molecule has 0 aliphatic rings. The van der Waals surface area contributed by atoms with E-state index in [9.17, 15) is 22.8 Å². The minimum Gasteiger partial charge on any atom is -0.469 e. The molecule has 0 aromatic rings. The van der Waals surface area contributed by atoms with Crippen LogP contribution in [0.4, 0.5) is 13.2 Å². The summed E-state index contributed by atoms with van der Waals surface area (Å²) in [4.78, 5) is 23.2. The Morgan fingerprint density at radius 3 is 2.26 bits per heavy atom. The van der Waals surface area contributed by atoms with Gasteiger partial charge in [-0.2, -0.15) is 13.2 Å². The summed E-state index contributed by atoms with van der Waals surface area (Å²) in [5, 5.41) is 0. The number of alkyl halides is 3. The fourth-order valence-corrected chi connectivity index (χ4v) is 1.31. The Bertz CT molecular complexity index is 306. The Morgan fingerprint density at radius 2 is 1.89 bits per heavy atom. The molecule has 6 nitrogen and oxygen atoms in total. The van der Waals surface area contributed by atoms with Crippen LogP contribution >= 0.6 is 0 Å². The van der Waals surface area contributed by atoms with Crippen molar-refractivity contribution in [1.29, 1.82) is 0 Å². The van der Waals surface area contributed by atoms with E-state index in [-0.39, 0.29) is 13.0 Å². The summed E-state index contributed by atoms with van der Waals surface area (Å²) in [6.45, 7) is -2.13. The molecule has 1 atom stereocenters. The van der Waals surface area contributed by atoms with Gasteiger partial charge in [0.05, 0.1) is 13.5 Å². The third kappa shape index (κ3) is 6.97. The van der Waals surface area contributed by atoms with Gasteiger partial charge in [-0.1, -0.05) is 0 Å². The van der Waals surface area contributed by atoms with Gasteiger partial charge in [0.1, 0.15) is 12.6 Å². The molecule has 0 aliphatic carbocycles. The largest absolute Gasteiger partial charge is 0.469 e. The molecule has 0 aromatic carbocycles. The van der Waals surface area contributed by atoms with E-state index in [0.29, 0.717) is 4.90 Å². The zero-order valence-corrected chi connectivity index (χ0v) is 10.7. The summed E-state index contributed by atoms with van der Waals surface area (Å²) in [5.41, 5.74) is 5.22. The number of hydrogen-bond donors (Lipinski definition) is 1. The summed E-state index contributed by atoms with van der Waals surface area (Å²) >= 11 is 0. The molecule has 0 heterocycles. The minimum absolute atomic E-state index is 0.248. The maximum Gasteiger partial charge on any atom is 0.406 e. The van der Waals surface area contributed by atoms with E-state index in [1.54, 1.807) is 0 Å². The molecule has 0 fully saturated rings. The second-order valence-corrected chi connectivity index (χ2v) is 3.66. The Balaban J connectivity index is 4.74. The van der Waals surface area contributed by atoms with Crippen LogP contribution in [0.1, 0.15) is 6.42 Å². The molecule has 2 N–H and O–H groups in total. The first kappa shape index (κ1) is 17.6. The molecule has 1 amide bonds. The number of halogens is 3. The number of carbonyl (C=O) groups excluding carboxylic acids is 2. The standard InChI is InChI=1S/C10H17F3N2O4/c1-18-7(5-14)9(17)15(6-10(11,12)13)4-3-8(16)19-2/h7H,3-6,14H2,1-2H3. The number of nitrogens with two attached hydrogens (primary N) is 1. The van der Waals surface area contributed by atoms with Crippen molar-refractivity contribution in [3.8, 4) is 0 Å². The van der Waals surface area contributed by atoms with Crippen molar-refractivity contribution in [3.63, 3.8) is 0 Å². The van der Waals surface area contributed by atoms with Gasteiger partial charge in [0.25, 0.3) is 5.91 Å². The first-order valence-electron chi connectivity index (χ1n) is 5.40. The molecular weight excluding hydrogens is 269 g/mol. The number of rotatable bonds is 7. The average molecular weight is 286 g/mol. The van der Waals surface area contributed by atoms with E-state index >= 15 is 0 Å². The highest BCUT2D eigenvalue weighted by Gasteiger charge is 2.35. The van der Waals surface area contributed by atoms with E-state index in [0.717, 1.165) is 7.11 Å². The van der Waals surface area contributed by atoms with Gasteiger partial charge in [-0.3, -0.25) is 9.59 Å². The van der Waals surface area contributed by atoms with Gasteiger partial charge in [-0.15, -0.1) is 0 Å². The normalized spacial score (nSPS) is 12.9. The molecule has 0 aromatic heterocycles. The number of carbonyl (C=O) groups is 2. The van der Waals surface area contributed by atoms with Crippen LogP contribution in [-0.4, -0.2) is 62.9 Å². The monoisotopic (exact) mass is 286 g/mol. The minimum atomic E-state index is -4.57. The smallest absolute Gasteiger partial charge is 0.406 e. The van der Waals surface area contributed by atoms with Crippen LogP contribution in [0.2, 0.25) is 0 Å². The van der Waals surface area contributed by atoms with E-state index < -0.39 is 37.2 Å². The summed E-state index contributed by atoms with van der Waals surface area (Å²) in [5.74, 6) is -1.62. The topological polar surface area (TPSA) is 81.9 Å². The number of methoxy groups -OCH3 is 2. The van der Waals surface area contributed by atoms with Crippen LogP contribution in [0.25, 0.3) is 0 Å². The average Bonchev–Trinajstić information content (AvgIpc) is 2.33. The maximum absolute atomic E-state index is 12.4. The van der Waals surface area contributed by atoms with Crippen LogP contribution in [-0.2, 0) is 19.1 Å². The number of esters is 1. The van der Waals surface area contributed by atoms with Crippen molar-refractivity contribution in [2.24, 2.45) is 5.73 Å². The van der Waals surface area contributed by atoms with Gasteiger partial charge >= 0.3 is 12.1 Å². The first-order valence-corrected chi connectivity index (χ1v) is 5.40. The third-order valence-electron chi connectivity index (χ3n) is 2.27. The zero-order chi connectivity index (χ0) is 15.1. The van der Waals surface area contributed by atoms with E-state index in [1.165, 1.54) is 7.11 Å². The second-order valence-electron chi connectivity index (χ2n) is 3.66. The fourth-order valence-electron chi connectivity index (χ4n) is 1.31. The summed E-state index contributed by atoms with van der Waals surface area (Å²) in [7, 11) is 2.28. The second kappa shape index (κ2) is 7.95. The molecule has 0 bridgehead atoms. The number of ether oxygens (including phenoxy) is 2. The molecular formula is C10H17F3N2O4. The van der Waals surface area contributed by atoms with Crippen LogP contribution in [0, 0.1) is 0 Å². The van der Waals surface area contributed by atoms with E-state index in [2.05, 4.69) is 4.74 Å². The van der Waals surface area contributed by atoms with Gasteiger partial charge < -0.3 is 20.1 Å². The zero-order valence-electron chi connectivity index (χ0n) is 10.7. The predicted molar refractivity (Wildman–Crippen MR) is 59.1 cm³/mol. The maximum atomic E-state index is 12.4. The Morgan fingerprint density at radius 1 is 1.32 bits per heavy atom. The number of hydrogen-bond acceptors (Lipinski definition) is 5. The van der Waals surface area contributed by atoms with Gasteiger partial charge in [0.2, 0.25) is 0 Å². The van der Waals surface area contributed by atoms with Crippen molar-refractivity contribution in [1.82, 2.24) is 4.90 Å². The summed E-state index contributed by atoms with van der Waals surface area (Å²) in [6.07, 6.45) is -6.07. The van der Waals surface area contributed by atoms with Gasteiger partial charge in [0, 0.05) is 20.2 Å². The van der Waals surface area contributed by atoms with Crippen LogP contribution in [0.5, 0.6) is 0 Å². The van der Waals surface area contributed by atoms with Crippen molar-refractivity contribution in [3.05, 3.63) is 0 Å². The van der Waals surface area contributed by atoms with Crippen molar-refractivity contribution >= 4 is 11.9 Å². The molecule has 0 rings (SSSR count). The highest BCUT2D eigenvalue weighted by molar-refractivity contribution is 5.81. The molecule has 0 saturated carbocycles. The quantitative estimate of drug-likeness (QED) is 0.662. The van der Waals surface area contributed by atoms with Crippen molar-refractivity contribution in [2.75, 3.05) is 33.9 Å². The van der Waals surface area contributed by atoms with E-state index in [1.807, 2.05) is 0 Å². The van der Waals surface area contributed by atoms with E-state index in [4.69, 9.17) is 10.5 Å². The molecule has 9 heteroatoms. The molecule has 19 heavy (non-hydrogen) atoms. The van der Waals surface area contributed by atoms with Crippen LogP contribution < -0.4 is 5.73 Å². The highest BCUT2D eigenvalue weighted by Crippen LogP contribution is 2.17. The number of nitrogens with zero attached hydrogens (tertiary/aromatic N) is 1. The molecule has 0 radical (unpaired) electrons. The SMILES string of the molecule is COC(=O)CCN(CC(F)(F)F)C(=O)C(CN)OC. The lowest BCUT2D eigenvalue weighted by Crippen LogP contribution is -2.48. The summed E-state index contributed by atoms with van der Waals surface area (Å²) in [6, 6.07) is 0. The molecule has 0 spiro atoms. The Hall–Kier alpha value is -1.35. The lowest BCUT2D eigenvalue weighted by molar-refractivity contribution is -0.168. The summed E-state index contributed by atoms with van der Waals surface area (Å²) < 4.78 is 46.1. The molecule has 0 aliphatic heterocycles. The fraction of sp³-hybridized carbons (Fsp3) is 0.800. The molecule has 0 saturated heterocycles. The predicted octanol–water partition coefficient (Wildman–Crippen LogP) is -0.0859. The molecule has 1 unspecified atom stereocenters. The van der Waals surface area contributed by atoms with Gasteiger partial charge in [-0.25, -0.2) is 0 Å². The Labute approximate surface area is 108 Å². The Kier molecular flexibility index (Phi) is 7.38. The van der Waals surface area contributed by atoms with Gasteiger partial charge in [-0.05, 0) is 0 Å². The van der Waals surface area contributed by atoms with Crippen molar-refractivity contribution in [2.45, 2.75) is 18.7 Å². The highest BCUT2D eigenvalue weighted by atomic mass is 19.4. The first-order chi connectivity index (χ1) is 8.75. The third-order valence-corrected chi connectivity index (χ3v) is 2.27. The van der Waals surface area contributed by atoms with Crippen LogP contribution in [0.15, 0.2) is 0 Å². The van der Waals surface area contributed by atoms with Gasteiger partial charge in [0.15, 0.2) is 0 Å². The van der Waals surface area contributed by atoms with Crippen molar-refractivity contribution < 1.29 is 32.2 Å². The number of amides is 1. The molecule has 112 valence electrons. The van der Waals surface area contributed by atoms with Crippen LogP contribution in [0.3, 0.4) is 0 Å².